The number of rotatable bonds is 5. The first-order chi connectivity index (χ1) is 14.9. The second kappa shape index (κ2) is 9.23. The van der Waals surface area contributed by atoms with Crippen LogP contribution in [-0.2, 0) is 21.4 Å². The van der Waals surface area contributed by atoms with E-state index in [-0.39, 0.29) is 42.2 Å². The molecule has 1 N–H and O–H groups in total. The van der Waals surface area contributed by atoms with Crippen molar-refractivity contribution in [3.05, 3.63) is 53.8 Å². The van der Waals surface area contributed by atoms with E-state index < -0.39 is 10.0 Å². The number of carbonyl (C=O) groups excluding carboxylic acids is 1. The van der Waals surface area contributed by atoms with Gasteiger partial charge in [-0.3, -0.25) is 4.79 Å². The molecular formula is C22H25FN2O5S. The van der Waals surface area contributed by atoms with E-state index in [2.05, 4.69) is 5.32 Å². The van der Waals surface area contributed by atoms with Crippen molar-refractivity contribution >= 4 is 15.9 Å². The van der Waals surface area contributed by atoms with Gasteiger partial charge in [0.2, 0.25) is 15.9 Å². The number of sulfonamides is 1. The molecule has 2 aromatic carbocycles. The Balaban J connectivity index is 1.36. The number of nitrogens with zero attached hydrogens (tertiary/aromatic N) is 1. The van der Waals surface area contributed by atoms with E-state index in [9.17, 15) is 17.6 Å². The first kappa shape index (κ1) is 21.6. The van der Waals surface area contributed by atoms with Crippen molar-refractivity contribution in [2.45, 2.75) is 30.7 Å². The van der Waals surface area contributed by atoms with Crippen molar-refractivity contribution in [1.29, 1.82) is 0 Å². The van der Waals surface area contributed by atoms with Crippen LogP contribution in [0.1, 0.15) is 24.8 Å². The van der Waals surface area contributed by atoms with Crippen LogP contribution >= 0.6 is 0 Å². The Morgan fingerprint density at radius 2 is 1.77 bits per heavy atom. The Bertz CT molecular complexity index is 1050. The summed E-state index contributed by atoms with van der Waals surface area (Å²) in [4.78, 5) is 12.6. The fraction of sp³-hybridized carbons (Fsp3) is 0.409. The number of nitrogens with one attached hydrogen (secondary N) is 1. The van der Waals surface area contributed by atoms with Gasteiger partial charge in [0, 0.05) is 43.6 Å². The highest BCUT2D eigenvalue weighted by Gasteiger charge is 2.32. The van der Waals surface area contributed by atoms with E-state index in [1.807, 2.05) is 0 Å². The molecule has 31 heavy (non-hydrogen) atoms. The average Bonchev–Trinajstić information content (AvgIpc) is 3.03. The molecule has 9 heteroatoms. The van der Waals surface area contributed by atoms with Gasteiger partial charge in [0.15, 0.2) is 11.5 Å². The van der Waals surface area contributed by atoms with Crippen molar-refractivity contribution in [2.75, 3.05) is 26.3 Å². The number of benzene rings is 2. The summed E-state index contributed by atoms with van der Waals surface area (Å²) in [6.07, 6.45) is 1.56. The Labute approximate surface area is 181 Å². The average molecular weight is 449 g/mol. The van der Waals surface area contributed by atoms with Crippen LogP contribution in [-0.4, -0.2) is 44.9 Å². The SMILES string of the molecule is O=C(NCc1ccccc1F)C1CCN(S(=O)(=O)c2ccc3c(c2)OCCCO3)CC1. The molecule has 1 amide bonds. The summed E-state index contributed by atoms with van der Waals surface area (Å²) in [6.45, 7) is 1.61. The van der Waals surface area contributed by atoms with Gasteiger partial charge in [-0.2, -0.15) is 4.31 Å². The molecule has 2 heterocycles. The number of amides is 1. The summed E-state index contributed by atoms with van der Waals surface area (Å²) >= 11 is 0. The lowest BCUT2D eigenvalue weighted by Gasteiger charge is -2.30. The fourth-order valence-electron chi connectivity index (χ4n) is 3.78. The van der Waals surface area contributed by atoms with Crippen LogP contribution < -0.4 is 14.8 Å². The summed E-state index contributed by atoms with van der Waals surface area (Å²) < 4.78 is 52.4. The Morgan fingerprint density at radius 3 is 2.52 bits per heavy atom. The van der Waals surface area contributed by atoms with Crippen LogP contribution in [0.4, 0.5) is 4.39 Å². The minimum atomic E-state index is -3.70. The number of ether oxygens (including phenoxy) is 2. The molecule has 0 saturated carbocycles. The third-order valence-electron chi connectivity index (χ3n) is 5.59. The van der Waals surface area contributed by atoms with Crippen LogP contribution in [0.3, 0.4) is 0 Å². The van der Waals surface area contributed by atoms with E-state index in [1.165, 1.54) is 22.5 Å². The second-order valence-electron chi connectivity index (χ2n) is 7.65. The molecule has 0 spiro atoms. The summed E-state index contributed by atoms with van der Waals surface area (Å²) in [7, 11) is -3.70. The van der Waals surface area contributed by atoms with Gasteiger partial charge < -0.3 is 14.8 Å². The number of halogens is 1. The van der Waals surface area contributed by atoms with Crippen LogP contribution in [0.2, 0.25) is 0 Å². The first-order valence-corrected chi connectivity index (χ1v) is 11.8. The summed E-state index contributed by atoms with van der Waals surface area (Å²) in [6, 6.07) is 10.9. The van der Waals surface area contributed by atoms with E-state index in [4.69, 9.17) is 9.47 Å². The zero-order chi connectivity index (χ0) is 21.8. The molecule has 0 bridgehead atoms. The highest BCUT2D eigenvalue weighted by Crippen LogP contribution is 2.33. The Kier molecular flexibility index (Phi) is 6.43. The predicted octanol–water partition coefficient (Wildman–Crippen LogP) is 2.70. The largest absolute Gasteiger partial charge is 0.490 e. The molecule has 1 saturated heterocycles. The molecule has 2 aromatic rings. The van der Waals surface area contributed by atoms with Crippen LogP contribution in [0.5, 0.6) is 11.5 Å². The van der Waals surface area contributed by atoms with E-state index >= 15 is 0 Å². The lowest BCUT2D eigenvalue weighted by atomic mass is 9.97. The van der Waals surface area contributed by atoms with Crippen molar-refractivity contribution in [3.63, 3.8) is 0 Å². The lowest BCUT2D eigenvalue weighted by molar-refractivity contribution is -0.126. The monoisotopic (exact) mass is 448 g/mol. The first-order valence-electron chi connectivity index (χ1n) is 10.4. The topological polar surface area (TPSA) is 84.9 Å². The van der Waals surface area contributed by atoms with Gasteiger partial charge >= 0.3 is 0 Å². The molecular weight excluding hydrogens is 423 g/mol. The van der Waals surface area contributed by atoms with Crippen molar-refractivity contribution in [3.8, 4) is 11.5 Å². The van der Waals surface area contributed by atoms with Crippen molar-refractivity contribution < 1.29 is 27.1 Å². The smallest absolute Gasteiger partial charge is 0.243 e. The third-order valence-corrected chi connectivity index (χ3v) is 7.49. The molecule has 0 atom stereocenters. The number of carbonyl (C=O) groups is 1. The third kappa shape index (κ3) is 4.83. The minimum absolute atomic E-state index is 0.112. The van der Waals surface area contributed by atoms with E-state index in [0.29, 0.717) is 43.1 Å². The van der Waals surface area contributed by atoms with Gasteiger partial charge in [0.1, 0.15) is 5.82 Å². The molecule has 0 aromatic heterocycles. The molecule has 2 aliphatic heterocycles. The highest BCUT2D eigenvalue weighted by atomic mass is 32.2. The maximum atomic E-state index is 13.7. The molecule has 0 unspecified atom stereocenters. The quantitative estimate of drug-likeness (QED) is 0.760. The Morgan fingerprint density at radius 1 is 1.06 bits per heavy atom. The number of fused-ring (bicyclic) bond motifs is 1. The summed E-state index contributed by atoms with van der Waals surface area (Å²) in [5.41, 5.74) is 0.422. The van der Waals surface area contributed by atoms with Crippen LogP contribution in [0.25, 0.3) is 0 Å². The molecule has 7 nitrogen and oxygen atoms in total. The second-order valence-corrected chi connectivity index (χ2v) is 9.58. The summed E-state index contributed by atoms with van der Waals surface area (Å²) in [5.74, 6) is 0.124. The van der Waals surface area contributed by atoms with Gasteiger partial charge in [0.25, 0.3) is 0 Å². The van der Waals surface area contributed by atoms with Gasteiger partial charge in [-0.25, -0.2) is 12.8 Å². The number of hydrogen-bond donors (Lipinski definition) is 1. The molecule has 0 radical (unpaired) electrons. The maximum Gasteiger partial charge on any atom is 0.243 e. The molecule has 1 fully saturated rings. The molecule has 166 valence electrons. The molecule has 0 aliphatic carbocycles. The van der Waals surface area contributed by atoms with Crippen LogP contribution in [0, 0.1) is 11.7 Å². The number of hydrogen-bond acceptors (Lipinski definition) is 5. The van der Waals surface area contributed by atoms with Crippen molar-refractivity contribution in [2.24, 2.45) is 5.92 Å². The summed E-state index contributed by atoms with van der Waals surface area (Å²) in [5, 5.41) is 2.76. The van der Waals surface area contributed by atoms with Gasteiger partial charge in [0.05, 0.1) is 18.1 Å². The molecule has 4 rings (SSSR count). The predicted molar refractivity (Wildman–Crippen MR) is 112 cm³/mol. The maximum absolute atomic E-state index is 13.7. The van der Waals surface area contributed by atoms with E-state index in [1.54, 1.807) is 24.3 Å². The minimum Gasteiger partial charge on any atom is -0.490 e. The van der Waals surface area contributed by atoms with Gasteiger partial charge in [-0.15, -0.1) is 0 Å². The Hall–Kier alpha value is -2.65. The lowest BCUT2D eigenvalue weighted by Crippen LogP contribution is -2.42. The zero-order valence-corrected chi connectivity index (χ0v) is 17.9. The highest BCUT2D eigenvalue weighted by molar-refractivity contribution is 7.89. The normalized spacial score (nSPS) is 17.7. The number of piperidine rings is 1. The van der Waals surface area contributed by atoms with Crippen LogP contribution in [0.15, 0.2) is 47.4 Å². The molecule has 2 aliphatic rings. The van der Waals surface area contributed by atoms with Gasteiger partial charge in [-0.1, -0.05) is 18.2 Å². The van der Waals surface area contributed by atoms with E-state index in [0.717, 1.165) is 6.42 Å². The standard InChI is InChI=1S/C22H25FN2O5S/c23-19-5-2-1-4-17(19)15-24-22(26)16-8-10-25(11-9-16)31(27,28)18-6-7-20-21(14-18)30-13-3-12-29-20/h1-2,4-7,14,16H,3,8-13,15H2,(H,24,26). The fourth-order valence-corrected chi connectivity index (χ4v) is 5.27. The zero-order valence-electron chi connectivity index (χ0n) is 17.1. The van der Waals surface area contributed by atoms with Crippen molar-refractivity contribution in [1.82, 2.24) is 9.62 Å². The van der Waals surface area contributed by atoms with Gasteiger partial charge in [-0.05, 0) is 31.0 Å².